The molecule has 0 spiro atoms. The minimum atomic E-state index is 0.0779. The molecule has 0 saturated carbocycles. The lowest BCUT2D eigenvalue weighted by molar-refractivity contribution is -0.0587. The molecule has 2 aliphatic heterocycles. The Bertz CT molecular complexity index is 376. The Morgan fingerprint density at radius 3 is 2.70 bits per heavy atom. The predicted octanol–water partition coefficient (Wildman–Crippen LogP) is 3.07. The Kier molecular flexibility index (Phi) is 6.10. The van der Waals surface area contributed by atoms with Gasteiger partial charge in [-0.3, -0.25) is 0 Å². The first-order valence-electron chi connectivity index (χ1n) is 7.28. The van der Waals surface area contributed by atoms with Crippen molar-refractivity contribution in [3.8, 4) is 12.3 Å². The van der Waals surface area contributed by atoms with Crippen molar-refractivity contribution >= 4 is 15.9 Å². The van der Waals surface area contributed by atoms with Crippen LogP contribution in [0.2, 0.25) is 0 Å². The lowest BCUT2D eigenvalue weighted by atomic mass is 9.97. The van der Waals surface area contributed by atoms with E-state index in [9.17, 15) is 0 Å². The lowest BCUT2D eigenvalue weighted by Gasteiger charge is -2.31. The molecule has 2 rings (SSSR count). The van der Waals surface area contributed by atoms with Crippen LogP contribution in [0, 0.1) is 12.3 Å². The Labute approximate surface area is 130 Å². The summed E-state index contributed by atoms with van der Waals surface area (Å²) in [5.41, 5.74) is 0. The Morgan fingerprint density at radius 2 is 2.05 bits per heavy atom. The second-order valence-electron chi connectivity index (χ2n) is 5.40. The topological polar surface area (TPSA) is 27.7 Å². The molecule has 6 atom stereocenters. The first kappa shape index (κ1) is 16.0. The second-order valence-corrected chi connectivity index (χ2v) is 6.58. The summed E-state index contributed by atoms with van der Waals surface area (Å²) in [6, 6.07) is 0. The van der Waals surface area contributed by atoms with Crippen molar-refractivity contribution in [1.29, 1.82) is 0 Å². The lowest BCUT2D eigenvalue weighted by Crippen LogP contribution is -2.39. The molecule has 0 aromatic carbocycles. The summed E-state index contributed by atoms with van der Waals surface area (Å²) in [5, 5.41) is 0. The molecule has 0 radical (unpaired) electrons. The molecular weight excluding hydrogens is 320 g/mol. The van der Waals surface area contributed by atoms with Gasteiger partial charge in [0.25, 0.3) is 0 Å². The smallest absolute Gasteiger partial charge is 0.0877 e. The average molecular weight is 343 g/mol. The van der Waals surface area contributed by atoms with E-state index in [0.717, 1.165) is 25.7 Å². The number of halogens is 1. The van der Waals surface area contributed by atoms with Crippen molar-refractivity contribution in [1.82, 2.24) is 0 Å². The van der Waals surface area contributed by atoms with Crippen LogP contribution in [0.4, 0.5) is 0 Å². The van der Waals surface area contributed by atoms with Gasteiger partial charge in [0, 0.05) is 18.4 Å². The molecule has 2 aliphatic rings. The van der Waals surface area contributed by atoms with Gasteiger partial charge < -0.3 is 14.2 Å². The van der Waals surface area contributed by atoms with Gasteiger partial charge in [0.05, 0.1) is 30.5 Å². The fourth-order valence-electron chi connectivity index (χ4n) is 3.04. The van der Waals surface area contributed by atoms with Crippen LogP contribution in [0.5, 0.6) is 0 Å². The van der Waals surface area contributed by atoms with E-state index in [1.54, 1.807) is 13.2 Å². The third-order valence-corrected chi connectivity index (χ3v) is 5.11. The summed E-state index contributed by atoms with van der Waals surface area (Å²) in [4.78, 5) is 0.311. The minimum absolute atomic E-state index is 0.0779. The molecule has 20 heavy (non-hydrogen) atoms. The number of allylic oxidation sites excluding steroid dienone is 1. The van der Waals surface area contributed by atoms with Crippen LogP contribution in [0.3, 0.4) is 0 Å². The number of rotatable bonds is 4. The highest BCUT2D eigenvalue weighted by Gasteiger charge is 2.44. The summed E-state index contributed by atoms with van der Waals surface area (Å²) in [5.74, 6) is 2.51. The van der Waals surface area contributed by atoms with Crippen LogP contribution in [-0.4, -0.2) is 42.5 Å². The average Bonchev–Trinajstić information content (AvgIpc) is 2.85. The molecule has 0 aromatic heterocycles. The van der Waals surface area contributed by atoms with Gasteiger partial charge in [0.15, 0.2) is 0 Å². The SMILES string of the molecule is C#CC=CCC1OC2CC1OC(CC)C(Br)CC2OC. The molecule has 4 heteroatoms. The standard InChI is InChI=1S/C16H23BrO3/c1-4-6-7-8-13-15-10-16(20-13)14(18-3)9-11(17)12(5-2)19-15/h1,6-7,11-16H,5,8-10H2,2-3H3. The molecule has 2 heterocycles. The normalized spacial score (nSPS) is 41.3. The molecular formula is C16H23BrO3. The van der Waals surface area contributed by atoms with Gasteiger partial charge in [-0.25, -0.2) is 0 Å². The second kappa shape index (κ2) is 7.61. The Balaban J connectivity index is 2.10. The first-order valence-corrected chi connectivity index (χ1v) is 8.20. The van der Waals surface area contributed by atoms with Crippen molar-refractivity contribution < 1.29 is 14.2 Å². The van der Waals surface area contributed by atoms with Crippen molar-refractivity contribution in [2.75, 3.05) is 7.11 Å². The van der Waals surface area contributed by atoms with Crippen molar-refractivity contribution in [3.05, 3.63) is 12.2 Å². The van der Waals surface area contributed by atoms with Gasteiger partial charge >= 0.3 is 0 Å². The molecule has 0 amide bonds. The molecule has 6 unspecified atom stereocenters. The Hall–Kier alpha value is -0.340. The molecule has 3 nitrogen and oxygen atoms in total. The molecule has 2 fully saturated rings. The maximum atomic E-state index is 6.27. The van der Waals surface area contributed by atoms with Crippen LogP contribution in [0.25, 0.3) is 0 Å². The predicted molar refractivity (Wildman–Crippen MR) is 82.9 cm³/mol. The highest BCUT2D eigenvalue weighted by Crippen LogP contribution is 2.36. The number of hydrogen-bond acceptors (Lipinski definition) is 3. The van der Waals surface area contributed by atoms with Crippen LogP contribution in [-0.2, 0) is 14.2 Å². The van der Waals surface area contributed by atoms with Crippen LogP contribution in [0.15, 0.2) is 12.2 Å². The maximum absolute atomic E-state index is 6.27. The monoisotopic (exact) mass is 342 g/mol. The molecule has 2 bridgehead atoms. The number of methoxy groups -OCH3 is 1. The minimum Gasteiger partial charge on any atom is -0.379 e. The summed E-state index contributed by atoms with van der Waals surface area (Å²) in [7, 11) is 1.76. The summed E-state index contributed by atoms with van der Waals surface area (Å²) in [6.45, 7) is 2.16. The third kappa shape index (κ3) is 3.65. The van der Waals surface area contributed by atoms with E-state index >= 15 is 0 Å². The molecule has 2 saturated heterocycles. The van der Waals surface area contributed by atoms with Gasteiger partial charge in [-0.15, -0.1) is 6.42 Å². The molecule has 0 N–H and O–H groups in total. The quantitative estimate of drug-likeness (QED) is 0.580. The molecule has 0 aliphatic carbocycles. The highest BCUT2D eigenvalue weighted by molar-refractivity contribution is 9.09. The fourth-order valence-corrected chi connectivity index (χ4v) is 3.91. The van der Waals surface area contributed by atoms with E-state index in [4.69, 9.17) is 20.6 Å². The van der Waals surface area contributed by atoms with E-state index in [2.05, 4.69) is 28.8 Å². The maximum Gasteiger partial charge on any atom is 0.0877 e. The van der Waals surface area contributed by atoms with Crippen LogP contribution < -0.4 is 0 Å². The Morgan fingerprint density at radius 1 is 1.30 bits per heavy atom. The van der Waals surface area contributed by atoms with Crippen molar-refractivity contribution in [2.45, 2.75) is 68.0 Å². The van der Waals surface area contributed by atoms with Crippen LogP contribution >= 0.6 is 15.9 Å². The molecule has 0 aromatic rings. The van der Waals surface area contributed by atoms with Gasteiger partial charge in [-0.2, -0.15) is 0 Å². The van der Waals surface area contributed by atoms with Gasteiger partial charge in [0.1, 0.15) is 0 Å². The van der Waals surface area contributed by atoms with Crippen LogP contribution in [0.1, 0.15) is 32.6 Å². The number of ether oxygens (including phenoxy) is 3. The van der Waals surface area contributed by atoms with E-state index in [1.807, 2.05) is 6.08 Å². The number of terminal acetylenes is 1. The zero-order chi connectivity index (χ0) is 14.5. The zero-order valence-electron chi connectivity index (χ0n) is 12.1. The van der Waals surface area contributed by atoms with Gasteiger partial charge in [-0.05, 0) is 25.3 Å². The van der Waals surface area contributed by atoms with Crippen molar-refractivity contribution in [2.24, 2.45) is 0 Å². The summed E-state index contributed by atoms with van der Waals surface area (Å²) >= 11 is 3.75. The molecule has 112 valence electrons. The number of hydrogen-bond donors (Lipinski definition) is 0. The van der Waals surface area contributed by atoms with E-state index in [1.165, 1.54) is 0 Å². The van der Waals surface area contributed by atoms with E-state index < -0.39 is 0 Å². The van der Waals surface area contributed by atoms with Crippen molar-refractivity contribution in [3.63, 3.8) is 0 Å². The summed E-state index contributed by atoms with van der Waals surface area (Å²) in [6.07, 6.45) is 13.2. The highest BCUT2D eigenvalue weighted by atomic mass is 79.9. The van der Waals surface area contributed by atoms with Gasteiger partial charge in [-0.1, -0.05) is 34.9 Å². The first-order chi connectivity index (χ1) is 9.69. The number of alkyl halides is 1. The summed E-state index contributed by atoms with van der Waals surface area (Å²) < 4.78 is 18.0. The van der Waals surface area contributed by atoms with E-state index in [0.29, 0.717) is 4.83 Å². The third-order valence-electron chi connectivity index (χ3n) is 4.14. The largest absolute Gasteiger partial charge is 0.379 e. The fraction of sp³-hybridized carbons (Fsp3) is 0.750. The zero-order valence-corrected chi connectivity index (χ0v) is 13.7. The van der Waals surface area contributed by atoms with E-state index in [-0.39, 0.29) is 30.5 Å². The van der Waals surface area contributed by atoms with Gasteiger partial charge in [0.2, 0.25) is 0 Å². The number of fused-ring (bicyclic) bond motifs is 2.